The number of piperidine rings is 1. The summed E-state index contributed by atoms with van der Waals surface area (Å²) >= 11 is 5.89. The summed E-state index contributed by atoms with van der Waals surface area (Å²) in [5.74, 6) is 0.371. The van der Waals surface area contributed by atoms with Gasteiger partial charge in [-0.2, -0.15) is 0 Å². The Bertz CT molecular complexity index is 384. The zero-order valence-corrected chi connectivity index (χ0v) is 10.6. The first-order valence-corrected chi connectivity index (χ1v) is 6.43. The highest BCUT2D eigenvalue weighted by atomic mass is 35.5. The lowest BCUT2D eigenvalue weighted by Crippen LogP contribution is -2.38. The molecule has 2 N–H and O–H groups in total. The molecule has 1 aromatic rings. The molecule has 1 saturated heterocycles. The molecular formula is C13H18ClFN2. The third kappa shape index (κ3) is 3.41. The molecule has 0 radical (unpaired) electrons. The summed E-state index contributed by atoms with van der Waals surface area (Å²) in [5.41, 5.74) is 6.37. The molecule has 2 nitrogen and oxygen atoms in total. The van der Waals surface area contributed by atoms with E-state index in [9.17, 15) is 4.39 Å². The van der Waals surface area contributed by atoms with Crippen molar-refractivity contribution in [2.75, 3.05) is 19.6 Å². The van der Waals surface area contributed by atoms with Crippen molar-refractivity contribution >= 4 is 11.6 Å². The number of nitrogens with two attached hydrogens (primary N) is 1. The summed E-state index contributed by atoms with van der Waals surface area (Å²) in [4.78, 5) is 2.26. The van der Waals surface area contributed by atoms with E-state index in [1.54, 1.807) is 12.1 Å². The number of rotatable bonds is 3. The van der Waals surface area contributed by atoms with E-state index >= 15 is 0 Å². The molecule has 1 fully saturated rings. The smallest absolute Gasteiger partial charge is 0.127 e. The molecule has 17 heavy (non-hydrogen) atoms. The summed E-state index contributed by atoms with van der Waals surface area (Å²) in [5, 5.41) is 0.591. The Labute approximate surface area is 107 Å². The standard InChI is InChI=1S/C13H18ClFN2/c14-12-3-4-13(15)11(6-12)9-17-5-1-2-10(7-16)8-17/h3-4,6,10H,1-2,5,7-9,16H2. The van der Waals surface area contributed by atoms with Crippen LogP contribution in [-0.2, 0) is 6.54 Å². The summed E-state index contributed by atoms with van der Waals surface area (Å²) < 4.78 is 13.6. The highest BCUT2D eigenvalue weighted by Gasteiger charge is 2.19. The first-order chi connectivity index (χ1) is 8.19. The Morgan fingerprint density at radius 2 is 2.29 bits per heavy atom. The fraction of sp³-hybridized carbons (Fsp3) is 0.538. The van der Waals surface area contributed by atoms with Crippen molar-refractivity contribution < 1.29 is 4.39 Å². The van der Waals surface area contributed by atoms with Crippen LogP contribution in [0.15, 0.2) is 18.2 Å². The minimum Gasteiger partial charge on any atom is -0.330 e. The number of halogens is 2. The van der Waals surface area contributed by atoms with Crippen LogP contribution in [0.3, 0.4) is 0 Å². The molecule has 0 saturated carbocycles. The van der Waals surface area contributed by atoms with Crippen molar-refractivity contribution in [2.24, 2.45) is 11.7 Å². The molecule has 4 heteroatoms. The molecule has 0 aromatic heterocycles. The second-order valence-corrected chi connectivity index (χ2v) is 5.15. The van der Waals surface area contributed by atoms with Crippen LogP contribution in [0.25, 0.3) is 0 Å². The lowest BCUT2D eigenvalue weighted by atomic mass is 9.98. The number of hydrogen-bond donors (Lipinski definition) is 1. The van der Waals surface area contributed by atoms with E-state index in [2.05, 4.69) is 4.90 Å². The van der Waals surface area contributed by atoms with Gasteiger partial charge in [0.2, 0.25) is 0 Å². The van der Waals surface area contributed by atoms with Crippen LogP contribution in [-0.4, -0.2) is 24.5 Å². The molecule has 1 aromatic carbocycles. The van der Waals surface area contributed by atoms with Gasteiger partial charge in [0.05, 0.1) is 0 Å². The maximum Gasteiger partial charge on any atom is 0.127 e. The average molecular weight is 257 g/mol. The van der Waals surface area contributed by atoms with Gasteiger partial charge in [-0.15, -0.1) is 0 Å². The normalized spacial score (nSPS) is 21.7. The van der Waals surface area contributed by atoms with Gasteiger partial charge in [-0.05, 0) is 50.0 Å². The van der Waals surface area contributed by atoms with Gasteiger partial charge in [-0.25, -0.2) is 4.39 Å². The predicted octanol–water partition coefficient (Wildman–Crippen LogP) is 2.65. The highest BCUT2D eigenvalue weighted by Crippen LogP contribution is 2.21. The molecule has 1 heterocycles. The van der Waals surface area contributed by atoms with Crippen molar-refractivity contribution in [1.82, 2.24) is 4.90 Å². The van der Waals surface area contributed by atoms with Gasteiger partial charge in [0, 0.05) is 23.7 Å². The third-order valence-electron chi connectivity index (χ3n) is 3.34. The third-order valence-corrected chi connectivity index (χ3v) is 3.57. The second-order valence-electron chi connectivity index (χ2n) is 4.71. The van der Waals surface area contributed by atoms with Crippen LogP contribution in [0.1, 0.15) is 18.4 Å². The zero-order valence-electron chi connectivity index (χ0n) is 9.83. The average Bonchev–Trinajstić information content (AvgIpc) is 2.34. The van der Waals surface area contributed by atoms with E-state index in [4.69, 9.17) is 17.3 Å². The van der Waals surface area contributed by atoms with Crippen LogP contribution in [0, 0.1) is 11.7 Å². The Hall–Kier alpha value is -0.640. The molecule has 1 aliphatic heterocycles. The monoisotopic (exact) mass is 256 g/mol. The predicted molar refractivity (Wildman–Crippen MR) is 68.5 cm³/mol. The molecule has 1 aliphatic rings. The van der Waals surface area contributed by atoms with Crippen LogP contribution in [0.4, 0.5) is 4.39 Å². The van der Waals surface area contributed by atoms with Crippen LogP contribution >= 0.6 is 11.6 Å². The van der Waals surface area contributed by atoms with Crippen molar-refractivity contribution in [1.29, 1.82) is 0 Å². The van der Waals surface area contributed by atoms with Gasteiger partial charge < -0.3 is 5.73 Å². The van der Waals surface area contributed by atoms with Gasteiger partial charge in [0.1, 0.15) is 5.82 Å². The fourth-order valence-electron chi connectivity index (χ4n) is 2.39. The molecule has 94 valence electrons. The SMILES string of the molecule is NCC1CCCN(Cc2cc(Cl)ccc2F)C1. The quantitative estimate of drug-likeness (QED) is 0.901. The molecule has 0 spiro atoms. The number of likely N-dealkylation sites (tertiary alicyclic amines) is 1. The van der Waals surface area contributed by atoms with E-state index in [-0.39, 0.29) is 5.82 Å². The van der Waals surface area contributed by atoms with Gasteiger partial charge >= 0.3 is 0 Å². The number of benzene rings is 1. The van der Waals surface area contributed by atoms with Crippen molar-refractivity contribution in [3.63, 3.8) is 0 Å². The van der Waals surface area contributed by atoms with Crippen LogP contribution in [0.2, 0.25) is 5.02 Å². The summed E-state index contributed by atoms with van der Waals surface area (Å²) in [6, 6.07) is 4.73. The van der Waals surface area contributed by atoms with Gasteiger partial charge in [-0.3, -0.25) is 4.90 Å². The van der Waals surface area contributed by atoms with Crippen LogP contribution < -0.4 is 5.73 Å². The Morgan fingerprint density at radius 1 is 1.47 bits per heavy atom. The highest BCUT2D eigenvalue weighted by molar-refractivity contribution is 6.30. The Morgan fingerprint density at radius 3 is 3.06 bits per heavy atom. The zero-order chi connectivity index (χ0) is 12.3. The van der Waals surface area contributed by atoms with Gasteiger partial charge in [0.25, 0.3) is 0 Å². The lowest BCUT2D eigenvalue weighted by molar-refractivity contribution is 0.169. The molecule has 0 amide bonds. The molecule has 0 aliphatic carbocycles. The van der Waals surface area contributed by atoms with E-state index in [0.717, 1.165) is 19.5 Å². The molecule has 1 atom stereocenters. The Balaban J connectivity index is 2.02. The van der Waals surface area contributed by atoms with Crippen LogP contribution in [0.5, 0.6) is 0 Å². The van der Waals surface area contributed by atoms with E-state index in [0.29, 0.717) is 29.6 Å². The fourth-order valence-corrected chi connectivity index (χ4v) is 2.59. The minimum atomic E-state index is -0.177. The summed E-state index contributed by atoms with van der Waals surface area (Å²) in [6.07, 6.45) is 2.33. The number of hydrogen-bond acceptors (Lipinski definition) is 2. The summed E-state index contributed by atoms with van der Waals surface area (Å²) in [7, 11) is 0. The van der Waals surface area contributed by atoms with E-state index < -0.39 is 0 Å². The van der Waals surface area contributed by atoms with E-state index in [1.807, 2.05) is 0 Å². The van der Waals surface area contributed by atoms with E-state index in [1.165, 1.54) is 12.5 Å². The second kappa shape index (κ2) is 5.80. The topological polar surface area (TPSA) is 29.3 Å². The molecular weight excluding hydrogens is 239 g/mol. The maximum atomic E-state index is 13.6. The van der Waals surface area contributed by atoms with Crippen molar-refractivity contribution in [3.8, 4) is 0 Å². The first-order valence-electron chi connectivity index (χ1n) is 6.05. The minimum absolute atomic E-state index is 0.177. The lowest BCUT2D eigenvalue weighted by Gasteiger charge is -2.32. The van der Waals surface area contributed by atoms with Crippen molar-refractivity contribution in [2.45, 2.75) is 19.4 Å². The Kier molecular flexibility index (Phi) is 4.37. The number of nitrogens with zero attached hydrogens (tertiary/aromatic N) is 1. The molecule has 0 bridgehead atoms. The molecule has 2 rings (SSSR count). The van der Waals surface area contributed by atoms with Crippen molar-refractivity contribution in [3.05, 3.63) is 34.6 Å². The summed E-state index contributed by atoms with van der Waals surface area (Å²) in [6.45, 7) is 3.32. The van der Waals surface area contributed by atoms with Gasteiger partial charge in [0.15, 0.2) is 0 Å². The molecule has 1 unspecified atom stereocenters. The largest absolute Gasteiger partial charge is 0.330 e. The maximum absolute atomic E-state index is 13.6. The van der Waals surface area contributed by atoms with Gasteiger partial charge in [-0.1, -0.05) is 11.6 Å². The first kappa shape index (κ1) is 12.8.